The van der Waals surface area contributed by atoms with E-state index in [0.29, 0.717) is 5.56 Å². The van der Waals surface area contributed by atoms with Gasteiger partial charge in [0.1, 0.15) is 5.75 Å². The molecule has 2 rings (SSSR count). The maximum atomic E-state index is 13.4. The van der Waals surface area contributed by atoms with Crippen molar-refractivity contribution >= 4 is 0 Å². The van der Waals surface area contributed by atoms with Gasteiger partial charge in [0.25, 0.3) is 5.92 Å². The molecular weight excluding hydrogens is 212 g/mol. The van der Waals surface area contributed by atoms with Crippen LogP contribution in [0.5, 0.6) is 5.75 Å². The maximum Gasteiger partial charge on any atom is 0.274 e. The SMILES string of the molecule is COc1c(C(C)(F)F)cccc1C1(N)CC1. The highest BCUT2D eigenvalue weighted by Gasteiger charge is 2.44. The molecule has 88 valence electrons. The Labute approximate surface area is 93.4 Å². The van der Waals surface area contributed by atoms with E-state index in [1.165, 1.54) is 13.2 Å². The molecule has 1 saturated carbocycles. The molecule has 0 aliphatic heterocycles. The van der Waals surface area contributed by atoms with Gasteiger partial charge >= 0.3 is 0 Å². The molecule has 0 bridgehead atoms. The average molecular weight is 227 g/mol. The van der Waals surface area contributed by atoms with E-state index in [9.17, 15) is 8.78 Å². The number of halogens is 2. The number of methoxy groups -OCH3 is 1. The zero-order valence-corrected chi connectivity index (χ0v) is 9.39. The summed E-state index contributed by atoms with van der Waals surface area (Å²) in [5.41, 5.74) is 6.16. The lowest BCUT2D eigenvalue weighted by molar-refractivity contribution is 0.0149. The van der Waals surface area contributed by atoms with Gasteiger partial charge < -0.3 is 10.5 Å². The molecule has 1 fully saturated rings. The van der Waals surface area contributed by atoms with Crippen LogP contribution in [0.2, 0.25) is 0 Å². The summed E-state index contributed by atoms with van der Waals surface area (Å²) in [4.78, 5) is 0. The Morgan fingerprint density at radius 2 is 2.00 bits per heavy atom. The minimum absolute atomic E-state index is 0.0933. The minimum Gasteiger partial charge on any atom is -0.496 e. The summed E-state index contributed by atoms with van der Waals surface area (Å²) in [5, 5.41) is 0. The Bertz CT molecular complexity index is 384. The van der Waals surface area contributed by atoms with Crippen molar-refractivity contribution in [1.82, 2.24) is 0 Å². The molecule has 0 spiro atoms. The molecule has 1 aliphatic rings. The van der Waals surface area contributed by atoms with E-state index in [0.717, 1.165) is 19.8 Å². The molecule has 1 aliphatic carbocycles. The second-order valence-corrected chi connectivity index (χ2v) is 4.43. The van der Waals surface area contributed by atoms with Crippen molar-refractivity contribution in [2.45, 2.75) is 31.2 Å². The standard InChI is InChI=1S/C12H15F2NO/c1-11(13,14)8-4-3-5-9(10(8)16-2)12(15)6-7-12/h3-5H,6-7,15H2,1-2H3. The molecule has 0 saturated heterocycles. The molecule has 1 aromatic carbocycles. The second-order valence-electron chi connectivity index (χ2n) is 4.43. The van der Waals surface area contributed by atoms with E-state index in [4.69, 9.17) is 10.5 Å². The van der Waals surface area contributed by atoms with Crippen LogP contribution in [0.3, 0.4) is 0 Å². The number of hydrogen-bond donors (Lipinski definition) is 1. The number of alkyl halides is 2. The lowest BCUT2D eigenvalue weighted by Gasteiger charge is -2.20. The zero-order valence-electron chi connectivity index (χ0n) is 9.39. The van der Waals surface area contributed by atoms with Crippen molar-refractivity contribution in [3.8, 4) is 5.75 Å². The molecule has 4 heteroatoms. The zero-order chi connectivity index (χ0) is 12.0. The first-order valence-electron chi connectivity index (χ1n) is 5.23. The molecule has 2 nitrogen and oxygen atoms in total. The van der Waals surface area contributed by atoms with Crippen LogP contribution in [0.4, 0.5) is 8.78 Å². The van der Waals surface area contributed by atoms with Crippen LogP contribution < -0.4 is 10.5 Å². The third kappa shape index (κ3) is 1.78. The summed E-state index contributed by atoms with van der Waals surface area (Å²) in [6.07, 6.45) is 1.64. The third-order valence-electron chi connectivity index (χ3n) is 3.02. The molecular formula is C12H15F2NO. The summed E-state index contributed by atoms with van der Waals surface area (Å²) in [7, 11) is 1.40. The number of ether oxygens (including phenoxy) is 1. The topological polar surface area (TPSA) is 35.2 Å². The van der Waals surface area contributed by atoms with Gasteiger partial charge in [-0.3, -0.25) is 0 Å². The summed E-state index contributed by atoms with van der Waals surface area (Å²) >= 11 is 0. The monoisotopic (exact) mass is 227 g/mol. The summed E-state index contributed by atoms with van der Waals surface area (Å²) in [5.74, 6) is -2.68. The largest absolute Gasteiger partial charge is 0.496 e. The van der Waals surface area contributed by atoms with Gasteiger partial charge in [0.15, 0.2) is 0 Å². The molecule has 0 unspecified atom stereocenters. The Hall–Kier alpha value is -1.16. The van der Waals surface area contributed by atoms with Crippen LogP contribution in [-0.2, 0) is 11.5 Å². The first kappa shape index (κ1) is 11.3. The Morgan fingerprint density at radius 1 is 1.38 bits per heavy atom. The van der Waals surface area contributed by atoms with Gasteiger partial charge in [-0.25, -0.2) is 8.78 Å². The molecule has 0 radical (unpaired) electrons. The van der Waals surface area contributed by atoms with Gasteiger partial charge in [-0.1, -0.05) is 12.1 Å². The van der Waals surface area contributed by atoms with Gasteiger partial charge in [-0.15, -0.1) is 0 Å². The van der Waals surface area contributed by atoms with Gasteiger partial charge in [0, 0.05) is 18.0 Å². The van der Waals surface area contributed by atoms with Gasteiger partial charge in [-0.2, -0.15) is 0 Å². The molecule has 0 aromatic heterocycles. The molecule has 1 aromatic rings. The van der Waals surface area contributed by atoms with Crippen molar-refractivity contribution in [2.24, 2.45) is 5.73 Å². The summed E-state index contributed by atoms with van der Waals surface area (Å²) in [6.45, 7) is 0.866. The highest BCUT2D eigenvalue weighted by atomic mass is 19.3. The van der Waals surface area contributed by atoms with E-state index in [1.807, 2.05) is 0 Å². The van der Waals surface area contributed by atoms with E-state index in [1.54, 1.807) is 12.1 Å². The van der Waals surface area contributed by atoms with Gasteiger partial charge in [-0.05, 0) is 18.9 Å². The fourth-order valence-corrected chi connectivity index (χ4v) is 1.90. The van der Waals surface area contributed by atoms with Crippen molar-refractivity contribution in [2.75, 3.05) is 7.11 Å². The van der Waals surface area contributed by atoms with E-state index >= 15 is 0 Å². The number of rotatable bonds is 3. The third-order valence-corrected chi connectivity index (χ3v) is 3.02. The lowest BCUT2D eigenvalue weighted by atomic mass is 9.98. The Balaban J connectivity index is 2.56. The number of nitrogens with two attached hydrogens (primary N) is 1. The maximum absolute atomic E-state index is 13.4. The van der Waals surface area contributed by atoms with Crippen LogP contribution in [0.25, 0.3) is 0 Å². The predicted octanol–water partition coefficient (Wildman–Crippen LogP) is 2.75. The predicted molar refractivity (Wildman–Crippen MR) is 57.7 cm³/mol. The minimum atomic E-state index is -2.91. The lowest BCUT2D eigenvalue weighted by Crippen LogP contribution is -2.21. The molecule has 0 heterocycles. The molecule has 16 heavy (non-hydrogen) atoms. The summed E-state index contributed by atoms with van der Waals surface area (Å²) < 4.78 is 31.8. The number of benzene rings is 1. The highest BCUT2D eigenvalue weighted by Crippen LogP contribution is 2.49. The first-order valence-corrected chi connectivity index (χ1v) is 5.23. The Kier molecular flexibility index (Phi) is 2.42. The van der Waals surface area contributed by atoms with Crippen LogP contribution >= 0.6 is 0 Å². The molecule has 0 atom stereocenters. The second kappa shape index (κ2) is 3.42. The quantitative estimate of drug-likeness (QED) is 0.861. The van der Waals surface area contributed by atoms with E-state index in [-0.39, 0.29) is 11.3 Å². The van der Waals surface area contributed by atoms with Crippen LogP contribution in [0.1, 0.15) is 30.9 Å². The molecule has 2 N–H and O–H groups in total. The summed E-state index contributed by atoms with van der Waals surface area (Å²) in [6, 6.07) is 4.76. The van der Waals surface area contributed by atoms with Crippen LogP contribution in [0.15, 0.2) is 18.2 Å². The van der Waals surface area contributed by atoms with Crippen molar-refractivity contribution in [1.29, 1.82) is 0 Å². The van der Waals surface area contributed by atoms with Crippen LogP contribution in [0, 0.1) is 0 Å². The fourth-order valence-electron chi connectivity index (χ4n) is 1.90. The van der Waals surface area contributed by atoms with Crippen molar-refractivity contribution < 1.29 is 13.5 Å². The average Bonchev–Trinajstić information content (AvgIpc) is 2.95. The van der Waals surface area contributed by atoms with Gasteiger partial charge in [0.05, 0.1) is 12.7 Å². The fraction of sp³-hybridized carbons (Fsp3) is 0.500. The van der Waals surface area contributed by atoms with Crippen molar-refractivity contribution in [3.05, 3.63) is 29.3 Å². The Morgan fingerprint density at radius 3 is 2.44 bits per heavy atom. The normalized spacial score (nSPS) is 18.3. The van der Waals surface area contributed by atoms with E-state index in [2.05, 4.69) is 0 Å². The van der Waals surface area contributed by atoms with Crippen molar-refractivity contribution in [3.63, 3.8) is 0 Å². The van der Waals surface area contributed by atoms with Gasteiger partial charge in [0.2, 0.25) is 0 Å². The highest BCUT2D eigenvalue weighted by molar-refractivity contribution is 5.49. The van der Waals surface area contributed by atoms with E-state index < -0.39 is 11.5 Å². The number of para-hydroxylation sites is 1. The number of hydrogen-bond acceptors (Lipinski definition) is 2. The molecule has 0 amide bonds. The first-order chi connectivity index (χ1) is 7.38. The smallest absolute Gasteiger partial charge is 0.274 e. The van der Waals surface area contributed by atoms with Crippen LogP contribution in [-0.4, -0.2) is 7.11 Å².